The van der Waals surface area contributed by atoms with E-state index >= 15 is 0 Å². The average Bonchev–Trinajstić information content (AvgIpc) is 2.73. The van der Waals surface area contributed by atoms with Crippen LogP contribution in [0.2, 0.25) is 0 Å². The highest BCUT2D eigenvalue weighted by Gasteiger charge is 2.29. The number of unbranched alkanes of at least 4 members (excludes halogenated alkanes) is 11. The van der Waals surface area contributed by atoms with Crippen LogP contribution in [0.5, 0.6) is 0 Å². The molecule has 4 nitrogen and oxygen atoms in total. The Morgan fingerprint density at radius 3 is 1.83 bits per heavy atom. The molecule has 1 aliphatic rings. The Balaban J connectivity index is 1.98. The maximum atomic E-state index is 12.1. The van der Waals surface area contributed by atoms with E-state index in [1.807, 2.05) is 0 Å². The minimum absolute atomic E-state index is 0.102. The summed E-state index contributed by atoms with van der Waals surface area (Å²) in [5.41, 5.74) is 0. The van der Waals surface area contributed by atoms with Crippen LogP contribution in [-0.2, 0) is 19.0 Å². The van der Waals surface area contributed by atoms with Crippen molar-refractivity contribution >= 4 is 5.97 Å². The van der Waals surface area contributed by atoms with Crippen LogP contribution in [0.4, 0.5) is 0 Å². The number of hydrogen-bond donors (Lipinski definition) is 0. The van der Waals surface area contributed by atoms with Crippen LogP contribution >= 0.6 is 0 Å². The Bertz CT molecular complexity index is 377. The third-order valence-electron chi connectivity index (χ3n) is 6.01. The maximum Gasteiger partial charge on any atom is 0.306 e. The first-order valence-corrected chi connectivity index (χ1v) is 12.6. The minimum atomic E-state index is -0.241. The predicted octanol–water partition coefficient (Wildman–Crippen LogP) is 7.19. The van der Waals surface area contributed by atoms with Crippen molar-refractivity contribution in [3.05, 3.63) is 0 Å². The van der Waals surface area contributed by atoms with Crippen molar-refractivity contribution in [2.24, 2.45) is 5.92 Å². The zero-order chi connectivity index (χ0) is 21.2. The molecule has 1 saturated heterocycles. The highest BCUT2D eigenvalue weighted by Crippen LogP contribution is 2.24. The molecule has 1 fully saturated rings. The first-order valence-electron chi connectivity index (χ1n) is 12.6. The second-order valence-electron chi connectivity index (χ2n) is 8.74. The molecule has 0 saturated carbocycles. The van der Waals surface area contributed by atoms with Gasteiger partial charge in [0.25, 0.3) is 0 Å². The smallest absolute Gasteiger partial charge is 0.306 e. The van der Waals surface area contributed by atoms with Crippen LogP contribution in [0.1, 0.15) is 124 Å². The monoisotopic (exact) mass is 412 g/mol. The zero-order valence-corrected chi connectivity index (χ0v) is 19.6. The lowest BCUT2D eigenvalue weighted by Gasteiger charge is -2.33. The molecule has 0 aromatic carbocycles. The fourth-order valence-electron chi connectivity index (χ4n) is 4.02. The highest BCUT2D eigenvalue weighted by molar-refractivity contribution is 5.69. The van der Waals surface area contributed by atoms with E-state index < -0.39 is 0 Å². The van der Waals surface area contributed by atoms with Crippen molar-refractivity contribution < 1.29 is 19.0 Å². The third kappa shape index (κ3) is 13.3. The van der Waals surface area contributed by atoms with E-state index in [-0.39, 0.29) is 18.4 Å². The molecule has 0 bridgehead atoms. The molecule has 1 unspecified atom stereocenters. The maximum absolute atomic E-state index is 12.1. The molecule has 1 aliphatic heterocycles. The first kappa shape index (κ1) is 26.4. The molecule has 29 heavy (non-hydrogen) atoms. The van der Waals surface area contributed by atoms with Gasteiger partial charge >= 0.3 is 5.97 Å². The Morgan fingerprint density at radius 2 is 1.31 bits per heavy atom. The van der Waals surface area contributed by atoms with E-state index in [1.165, 1.54) is 70.6 Å². The fraction of sp³-hybridized carbons (Fsp3) is 0.960. The molecule has 1 rings (SSSR count). The van der Waals surface area contributed by atoms with E-state index in [4.69, 9.17) is 14.2 Å². The first-order chi connectivity index (χ1) is 14.2. The van der Waals surface area contributed by atoms with Gasteiger partial charge in [-0.2, -0.15) is 0 Å². The topological polar surface area (TPSA) is 44.8 Å². The molecule has 4 heteroatoms. The lowest BCUT2D eigenvalue weighted by Crippen LogP contribution is -2.41. The summed E-state index contributed by atoms with van der Waals surface area (Å²) in [7, 11) is 0. The summed E-state index contributed by atoms with van der Waals surface area (Å²) in [6.07, 6.45) is 18.9. The van der Waals surface area contributed by atoms with E-state index in [9.17, 15) is 4.79 Å². The fourth-order valence-corrected chi connectivity index (χ4v) is 4.02. The van der Waals surface area contributed by atoms with Crippen LogP contribution in [0, 0.1) is 5.92 Å². The molecule has 0 amide bonds. The molecule has 0 aromatic heterocycles. The molecule has 1 atom stereocenters. The summed E-state index contributed by atoms with van der Waals surface area (Å²) >= 11 is 0. The molecule has 0 radical (unpaired) electrons. The molecule has 0 aliphatic carbocycles. The predicted molar refractivity (Wildman–Crippen MR) is 120 cm³/mol. The van der Waals surface area contributed by atoms with Crippen molar-refractivity contribution in [2.75, 3.05) is 13.2 Å². The van der Waals surface area contributed by atoms with Gasteiger partial charge in [-0.3, -0.25) is 4.79 Å². The number of rotatable bonds is 18. The molecule has 1 heterocycles. The Labute approximate surface area is 180 Å². The van der Waals surface area contributed by atoms with E-state index in [0.717, 1.165) is 25.7 Å². The van der Waals surface area contributed by atoms with Gasteiger partial charge in [0.2, 0.25) is 0 Å². The van der Waals surface area contributed by atoms with Gasteiger partial charge in [-0.15, -0.1) is 0 Å². The van der Waals surface area contributed by atoms with Gasteiger partial charge in [0.1, 0.15) is 6.10 Å². The minimum Gasteiger partial charge on any atom is -0.457 e. The van der Waals surface area contributed by atoms with Crippen LogP contribution < -0.4 is 0 Å². The van der Waals surface area contributed by atoms with Crippen molar-refractivity contribution in [1.29, 1.82) is 0 Å². The Kier molecular flexibility index (Phi) is 16.6. The molecule has 172 valence electrons. The van der Waals surface area contributed by atoms with Gasteiger partial charge in [0, 0.05) is 12.3 Å². The quantitative estimate of drug-likeness (QED) is 0.176. The van der Waals surface area contributed by atoms with Gasteiger partial charge in [0.15, 0.2) is 6.29 Å². The number of esters is 1. The van der Waals surface area contributed by atoms with Gasteiger partial charge < -0.3 is 14.2 Å². The Hall–Kier alpha value is -0.610. The lowest BCUT2D eigenvalue weighted by atomic mass is 9.98. The van der Waals surface area contributed by atoms with Crippen molar-refractivity contribution in [2.45, 2.75) is 136 Å². The lowest BCUT2D eigenvalue weighted by molar-refractivity contribution is -0.245. The van der Waals surface area contributed by atoms with Crippen LogP contribution in [0.25, 0.3) is 0 Å². The van der Waals surface area contributed by atoms with Gasteiger partial charge in [-0.25, -0.2) is 0 Å². The summed E-state index contributed by atoms with van der Waals surface area (Å²) < 4.78 is 17.2. The highest BCUT2D eigenvalue weighted by atomic mass is 16.7. The molecular formula is C25H48O4. The van der Waals surface area contributed by atoms with Crippen molar-refractivity contribution in [1.82, 2.24) is 0 Å². The summed E-state index contributed by atoms with van der Waals surface area (Å²) in [6, 6.07) is 0. The third-order valence-corrected chi connectivity index (χ3v) is 6.01. The molecule has 0 N–H and O–H groups in total. The average molecular weight is 413 g/mol. The van der Waals surface area contributed by atoms with Gasteiger partial charge in [0.05, 0.1) is 13.2 Å². The second-order valence-corrected chi connectivity index (χ2v) is 8.74. The SMILES string of the molecule is CCCCCCCCCCCCCC(=O)OC1COC(C(CC)CCCC)OC1. The summed E-state index contributed by atoms with van der Waals surface area (Å²) in [6.45, 7) is 7.60. The standard InChI is InChI=1S/C25H48O4/c1-4-7-9-10-11-12-13-14-15-16-17-19-24(26)29-23-20-27-25(28-21-23)22(6-3)18-8-5-2/h22-23,25H,4-21H2,1-3H3. The van der Waals surface area contributed by atoms with E-state index in [1.54, 1.807) is 0 Å². The number of ether oxygens (including phenoxy) is 3. The van der Waals surface area contributed by atoms with Gasteiger partial charge in [-0.1, -0.05) is 97.8 Å². The van der Waals surface area contributed by atoms with Gasteiger partial charge in [-0.05, 0) is 19.3 Å². The number of carbonyl (C=O) groups excluding carboxylic acids is 1. The van der Waals surface area contributed by atoms with Crippen molar-refractivity contribution in [3.63, 3.8) is 0 Å². The zero-order valence-electron chi connectivity index (χ0n) is 19.6. The molecule has 0 spiro atoms. The normalized spacial score (nSPS) is 20.5. The van der Waals surface area contributed by atoms with E-state index in [2.05, 4.69) is 20.8 Å². The summed E-state index contributed by atoms with van der Waals surface area (Å²) in [4.78, 5) is 12.1. The number of carbonyl (C=O) groups is 1. The summed E-state index contributed by atoms with van der Waals surface area (Å²) in [5.74, 6) is 0.345. The second kappa shape index (κ2) is 18.2. The van der Waals surface area contributed by atoms with E-state index in [0.29, 0.717) is 25.6 Å². The van der Waals surface area contributed by atoms with Crippen LogP contribution in [0.15, 0.2) is 0 Å². The van der Waals surface area contributed by atoms with Crippen LogP contribution in [0.3, 0.4) is 0 Å². The van der Waals surface area contributed by atoms with Crippen molar-refractivity contribution in [3.8, 4) is 0 Å². The number of hydrogen-bond acceptors (Lipinski definition) is 4. The van der Waals surface area contributed by atoms with Crippen LogP contribution in [-0.4, -0.2) is 31.6 Å². The molecular weight excluding hydrogens is 364 g/mol. The Morgan fingerprint density at radius 1 is 0.793 bits per heavy atom. The summed E-state index contributed by atoms with van der Waals surface area (Å²) in [5, 5.41) is 0. The molecule has 0 aromatic rings. The largest absolute Gasteiger partial charge is 0.457 e.